The fourth-order valence-electron chi connectivity index (χ4n) is 4.26. The standard InChI is InChI=1S/C27H26N4O/c1-4-19-7-5-8-20(15-19)21-11-12-22-17-31(27(32)23(22)16-21)25-10-6-9-24(29-25)26-28-13-14-30(26)18(2)3/h5-16,18H,4,17H2,1-3H3. The third-order valence-corrected chi connectivity index (χ3v) is 6.05. The molecule has 5 heteroatoms. The van der Waals surface area contributed by atoms with Gasteiger partial charge in [-0.1, -0.05) is 49.4 Å². The van der Waals surface area contributed by atoms with Gasteiger partial charge in [-0.3, -0.25) is 9.69 Å². The molecule has 1 aliphatic rings. The third kappa shape index (κ3) is 3.50. The van der Waals surface area contributed by atoms with Gasteiger partial charge in [0.1, 0.15) is 11.5 Å². The van der Waals surface area contributed by atoms with E-state index >= 15 is 0 Å². The van der Waals surface area contributed by atoms with Crippen LogP contribution in [-0.2, 0) is 13.0 Å². The van der Waals surface area contributed by atoms with Crippen LogP contribution in [-0.4, -0.2) is 20.4 Å². The van der Waals surface area contributed by atoms with E-state index in [2.05, 4.69) is 66.7 Å². The van der Waals surface area contributed by atoms with Crippen LogP contribution in [0.15, 0.2) is 73.1 Å². The molecule has 5 rings (SSSR count). The van der Waals surface area contributed by atoms with Crippen LogP contribution in [0, 0.1) is 0 Å². The zero-order chi connectivity index (χ0) is 22.2. The topological polar surface area (TPSA) is 51.0 Å². The van der Waals surface area contributed by atoms with Gasteiger partial charge in [0.2, 0.25) is 0 Å². The molecule has 0 spiro atoms. The number of hydrogen-bond donors (Lipinski definition) is 0. The van der Waals surface area contributed by atoms with Gasteiger partial charge in [-0.2, -0.15) is 0 Å². The van der Waals surface area contributed by atoms with Crippen molar-refractivity contribution in [1.82, 2.24) is 14.5 Å². The Morgan fingerprint density at radius 1 is 1.00 bits per heavy atom. The van der Waals surface area contributed by atoms with Gasteiger partial charge in [0.15, 0.2) is 5.82 Å². The summed E-state index contributed by atoms with van der Waals surface area (Å²) in [5.41, 5.74) is 6.04. The highest BCUT2D eigenvalue weighted by atomic mass is 16.2. The van der Waals surface area contributed by atoms with Crippen molar-refractivity contribution in [3.05, 3.63) is 89.7 Å². The van der Waals surface area contributed by atoms with Crippen LogP contribution in [0.1, 0.15) is 48.3 Å². The lowest BCUT2D eigenvalue weighted by Crippen LogP contribution is -2.24. The van der Waals surface area contributed by atoms with Gasteiger partial charge in [-0.25, -0.2) is 9.97 Å². The summed E-state index contributed by atoms with van der Waals surface area (Å²) >= 11 is 0. The first kappa shape index (κ1) is 20.2. The summed E-state index contributed by atoms with van der Waals surface area (Å²) in [4.78, 5) is 24.4. The van der Waals surface area contributed by atoms with Crippen LogP contribution in [0.25, 0.3) is 22.6 Å². The predicted molar refractivity (Wildman–Crippen MR) is 128 cm³/mol. The highest BCUT2D eigenvalue weighted by Gasteiger charge is 2.30. The number of nitrogens with zero attached hydrogens (tertiary/aromatic N) is 4. The van der Waals surface area contributed by atoms with Gasteiger partial charge in [0.25, 0.3) is 5.91 Å². The van der Waals surface area contributed by atoms with Gasteiger partial charge in [-0.05, 0) is 60.7 Å². The van der Waals surface area contributed by atoms with Crippen LogP contribution in [0.5, 0.6) is 0 Å². The van der Waals surface area contributed by atoms with Crippen molar-refractivity contribution in [1.29, 1.82) is 0 Å². The Bertz CT molecular complexity index is 1300. The molecule has 0 fully saturated rings. The van der Waals surface area contributed by atoms with Crippen LogP contribution in [0.3, 0.4) is 0 Å². The molecular formula is C27H26N4O. The number of benzene rings is 2. The Balaban J connectivity index is 1.47. The molecule has 2 aromatic heterocycles. The largest absolute Gasteiger partial charge is 0.327 e. The second-order valence-corrected chi connectivity index (χ2v) is 8.45. The summed E-state index contributed by atoms with van der Waals surface area (Å²) in [5, 5.41) is 0. The fourth-order valence-corrected chi connectivity index (χ4v) is 4.26. The van der Waals surface area contributed by atoms with Gasteiger partial charge in [0.05, 0.1) is 6.54 Å². The molecule has 5 nitrogen and oxygen atoms in total. The zero-order valence-corrected chi connectivity index (χ0v) is 18.6. The van der Waals surface area contributed by atoms with Gasteiger partial charge in [-0.15, -0.1) is 0 Å². The van der Waals surface area contributed by atoms with Gasteiger partial charge >= 0.3 is 0 Å². The van der Waals surface area contributed by atoms with E-state index in [1.165, 1.54) is 5.56 Å². The predicted octanol–water partition coefficient (Wildman–Crippen LogP) is 5.92. The number of aromatic nitrogens is 3. The van der Waals surface area contributed by atoms with E-state index < -0.39 is 0 Å². The van der Waals surface area contributed by atoms with Crippen LogP contribution < -0.4 is 4.90 Å². The molecular weight excluding hydrogens is 396 g/mol. The average Bonchev–Trinajstić information content (AvgIpc) is 3.44. The monoisotopic (exact) mass is 422 g/mol. The van der Waals surface area contributed by atoms with Crippen molar-refractivity contribution in [2.24, 2.45) is 0 Å². The lowest BCUT2D eigenvalue weighted by atomic mass is 9.98. The molecule has 0 saturated carbocycles. The summed E-state index contributed by atoms with van der Waals surface area (Å²) in [6.45, 7) is 6.91. The number of anilines is 1. The molecule has 0 atom stereocenters. The molecule has 0 N–H and O–H groups in total. The third-order valence-electron chi connectivity index (χ3n) is 6.05. The maximum atomic E-state index is 13.3. The number of imidazole rings is 1. The Morgan fingerprint density at radius 3 is 2.62 bits per heavy atom. The number of hydrogen-bond acceptors (Lipinski definition) is 3. The average molecular weight is 423 g/mol. The molecule has 0 radical (unpaired) electrons. The fraction of sp³-hybridized carbons (Fsp3) is 0.222. The molecule has 1 amide bonds. The van der Waals surface area contributed by atoms with Crippen molar-refractivity contribution in [3.63, 3.8) is 0 Å². The molecule has 2 aromatic carbocycles. The van der Waals surface area contributed by atoms with E-state index in [0.717, 1.165) is 40.2 Å². The highest BCUT2D eigenvalue weighted by Crippen LogP contribution is 2.32. The van der Waals surface area contributed by atoms with E-state index in [4.69, 9.17) is 4.98 Å². The molecule has 0 unspecified atom stereocenters. The second-order valence-electron chi connectivity index (χ2n) is 8.45. The lowest BCUT2D eigenvalue weighted by molar-refractivity contribution is 0.0996. The van der Waals surface area contributed by atoms with Crippen molar-refractivity contribution in [2.45, 2.75) is 39.8 Å². The van der Waals surface area contributed by atoms with Gasteiger partial charge < -0.3 is 4.57 Å². The lowest BCUT2D eigenvalue weighted by Gasteiger charge is -2.16. The number of fused-ring (bicyclic) bond motifs is 1. The minimum absolute atomic E-state index is 0.00894. The number of carbonyl (C=O) groups excluding carboxylic acids is 1. The van der Waals surface area contributed by atoms with Crippen molar-refractivity contribution < 1.29 is 4.79 Å². The number of rotatable bonds is 5. The quantitative estimate of drug-likeness (QED) is 0.401. The number of amides is 1. The molecule has 3 heterocycles. The molecule has 160 valence electrons. The highest BCUT2D eigenvalue weighted by molar-refractivity contribution is 6.10. The zero-order valence-electron chi connectivity index (χ0n) is 18.6. The van der Waals surface area contributed by atoms with Crippen LogP contribution >= 0.6 is 0 Å². The Labute approximate surface area is 188 Å². The van der Waals surface area contributed by atoms with E-state index in [-0.39, 0.29) is 11.9 Å². The summed E-state index contributed by atoms with van der Waals surface area (Å²) in [5.74, 6) is 1.45. The normalized spacial score (nSPS) is 13.1. The Hall–Kier alpha value is -3.73. The van der Waals surface area contributed by atoms with E-state index in [0.29, 0.717) is 12.4 Å². The van der Waals surface area contributed by atoms with Crippen molar-refractivity contribution in [2.75, 3.05) is 4.90 Å². The first-order valence-electron chi connectivity index (χ1n) is 11.1. The molecule has 32 heavy (non-hydrogen) atoms. The van der Waals surface area contributed by atoms with Crippen molar-refractivity contribution in [3.8, 4) is 22.6 Å². The second kappa shape index (κ2) is 8.08. The number of pyridine rings is 1. The number of carbonyl (C=O) groups is 1. The Morgan fingerprint density at radius 2 is 1.81 bits per heavy atom. The van der Waals surface area contributed by atoms with E-state index in [1.807, 2.05) is 30.5 Å². The number of aryl methyl sites for hydroxylation is 1. The smallest absolute Gasteiger partial charge is 0.260 e. The van der Waals surface area contributed by atoms with Gasteiger partial charge in [0, 0.05) is 24.0 Å². The van der Waals surface area contributed by atoms with Crippen molar-refractivity contribution >= 4 is 11.7 Å². The first-order chi connectivity index (χ1) is 15.5. The molecule has 1 aliphatic heterocycles. The summed E-state index contributed by atoms with van der Waals surface area (Å²) in [6, 6.07) is 20.7. The minimum atomic E-state index is -0.00894. The molecule has 0 saturated heterocycles. The first-order valence-corrected chi connectivity index (χ1v) is 11.1. The summed E-state index contributed by atoms with van der Waals surface area (Å²) < 4.78 is 2.09. The molecule has 0 aliphatic carbocycles. The Kier molecular flexibility index (Phi) is 5.10. The molecule has 4 aromatic rings. The SMILES string of the molecule is CCc1cccc(-c2ccc3c(c2)C(=O)N(c2cccc(-c4nccn4C(C)C)n2)C3)c1. The minimum Gasteiger partial charge on any atom is -0.327 e. The van der Waals surface area contributed by atoms with E-state index in [1.54, 1.807) is 11.1 Å². The van der Waals surface area contributed by atoms with E-state index in [9.17, 15) is 4.79 Å². The van der Waals surface area contributed by atoms with Crippen LogP contribution in [0.4, 0.5) is 5.82 Å². The summed E-state index contributed by atoms with van der Waals surface area (Å²) in [7, 11) is 0. The maximum absolute atomic E-state index is 13.3. The molecule has 0 bridgehead atoms. The summed E-state index contributed by atoms with van der Waals surface area (Å²) in [6.07, 6.45) is 4.73. The van der Waals surface area contributed by atoms with Crippen LogP contribution in [0.2, 0.25) is 0 Å². The maximum Gasteiger partial charge on any atom is 0.260 e.